The van der Waals surface area contributed by atoms with Crippen molar-refractivity contribution >= 4 is 15.8 Å². The molecular formula is C13H21NO5S. The molecule has 1 atom stereocenters. The smallest absolute Gasteiger partial charge is 0.376 e. The van der Waals surface area contributed by atoms with Gasteiger partial charge < -0.3 is 9.15 Å². The lowest BCUT2D eigenvalue weighted by Gasteiger charge is -2.03. The van der Waals surface area contributed by atoms with E-state index in [2.05, 4.69) is 4.98 Å². The van der Waals surface area contributed by atoms with Crippen LogP contribution in [0.3, 0.4) is 0 Å². The van der Waals surface area contributed by atoms with E-state index in [-0.39, 0.29) is 24.2 Å². The number of hydrogen-bond donors (Lipinski definition) is 0. The summed E-state index contributed by atoms with van der Waals surface area (Å²) in [6.45, 7) is 7.34. The van der Waals surface area contributed by atoms with E-state index in [1.165, 1.54) is 6.92 Å². The van der Waals surface area contributed by atoms with Crippen LogP contribution in [0.25, 0.3) is 0 Å². The van der Waals surface area contributed by atoms with Gasteiger partial charge in [0, 0.05) is 6.26 Å². The van der Waals surface area contributed by atoms with Crippen LogP contribution in [-0.4, -0.2) is 32.2 Å². The van der Waals surface area contributed by atoms with E-state index in [0.29, 0.717) is 12.1 Å². The molecule has 0 bridgehead atoms. The van der Waals surface area contributed by atoms with Crippen molar-refractivity contribution < 1.29 is 22.4 Å². The summed E-state index contributed by atoms with van der Waals surface area (Å²) in [5.41, 5.74) is 0.448. The Balaban J connectivity index is 3.21. The topological polar surface area (TPSA) is 86.5 Å². The Morgan fingerprint density at radius 2 is 1.95 bits per heavy atom. The quantitative estimate of drug-likeness (QED) is 0.748. The van der Waals surface area contributed by atoms with Crippen LogP contribution < -0.4 is 0 Å². The molecule has 0 aliphatic rings. The van der Waals surface area contributed by atoms with Crippen LogP contribution >= 0.6 is 0 Å². The van der Waals surface area contributed by atoms with Crippen LogP contribution in [0.15, 0.2) is 4.42 Å². The highest BCUT2D eigenvalue weighted by Crippen LogP contribution is 2.25. The van der Waals surface area contributed by atoms with E-state index in [1.807, 2.05) is 13.8 Å². The maximum atomic E-state index is 11.8. The van der Waals surface area contributed by atoms with Crippen molar-refractivity contribution in [3.8, 4) is 0 Å². The molecule has 0 spiro atoms. The van der Waals surface area contributed by atoms with Crippen molar-refractivity contribution in [1.29, 1.82) is 0 Å². The van der Waals surface area contributed by atoms with Gasteiger partial charge in [0.15, 0.2) is 9.84 Å². The Bertz CT molecular complexity index is 574. The number of aromatic nitrogens is 1. The molecule has 20 heavy (non-hydrogen) atoms. The summed E-state index contributed by atoms with van der Waals surface area (Å²) in [7, 11) is -3.33. The molecule has 7 heteroatoms. The fourth-order valence-corrected chi connectivity index (χ4v) is 2.08. The van der Waals surface area contributed by atoms with Gasteiger partial charge in [-0.15, -0.1) is 0 Å². The van der Waals surface area contributed by atoms with Gasteiger partial charge in [-0.3, -0.25) is 0 Å². The van der Waals surface area contributed by atoms with Crippen LogP contribution in [0.4, 0.5) is 0 Å². The molecule has 114 valence electrons. The molecule has 1 aromatic heterocycles. The lowest BCUT2D eigenvalue weighted by molar-refractivity contribution is 0.0486. The Morgan fingerprint density at radius 3 is 2.40 bits per heavy atom. The van der Waals surface area contributed by atoms with Crippen molar-refractivity contribution in [2.24, 2.45) is 5.92 Å². The SMILES string of the molecule is CCOC(=O)c1oc(C(C)S(C)(=O)=O)nc1CC(C)C. The number of carbonyl (C=O) groups excluding carboxylic acids is 1. The fourth-order valence-electron chi connectivity index (χ4n) is 1.61. The van der Waals surface area contributed by atoms with E-state index in [0.717, 1.165) is 6.26 Å². The number of esters is 1. The van der Waals surface area contributed by atoms with Gasteiger partial charge in [-0.05, 0) is 26.2 Å². The normalized spacial score (nSPS) is 13.5. The first kappa shape index (κ1) is 16.7. The predicted molar refractivity (Wildman–Crippen MR) is 74.3 cm³/mol. The Hall–Kier alpha value is -1.37. The number of rotatable bonds is 6. The van der Waals surface area contributed by atoms with Gasteiger partial charge in [0.1, 0.15) is 5.25 Å². The summed E-state index contributed by atoms with van der Waals surface area (Å²) < 4.78 is 33.4. The lowest BCUT2D eigenvalue weighted by atomic mass is 10.1. The first-order chi connectivity index (χ1) is 9.16. The highest BCUT2D eigenvalue weighted by atomic mass is 32.2. The van der Waals surface area contributed by atoms with Gasteiger partial charge in [0.05, 0.1) is 12.3 Å². The van der Waals surface area contributed by atoms with Crippen LogP contribution in [0.2, 0.25) is 0 Å². The number of hydrogen-bond acceptors (Lipinski definition) is 6. The molecule has 0 amide bonds. The van der Waals surface area contributed by atoms with Crippen molar-refractivity contribution in [1.82, 2.24) is 4.98 Å². The molecule has 1 heterocycles. The van der Waals surface area contributed by atoms with E-state index >= 15 is 0 Å². The second-order valence-electron chi connectivity index (χ2n) is 5.12. The zero-order valence-corrected chi connectivity index (χ0v) is 13.3. The average Bonchev–Trinajstić information content (AvgIpc) is 2.70. The van der Waals surface area contributed by atoms with Gasteiger partial charge in [0.25, 0.3) is 0 Å². The average molecular weight is 303 g/mol. The van der Waals surface area contributed by atoms with E-state index in [4.69, 9.17) is 9.15 Å². The van der Waals surface area contributed by atoms with E-state index in [1.54, 1.807) is 6.92 Å². The summed E-state index contributed by atoms with van der Waals surface area (Å²) >= 11 is 0. The predicted octanol–water partition coefficient (Wildman–Crippen LogP) is 2.16. The number of sulfone groups is 1. The first-order valence-electron chi connectivity index (χ1n) is 6.52. The molecule has 0 saturated heterocycles. The van der Waals surface area contributed by atoms with Gasteiger partial charge in [0.2, 0.25) is 11.7 Å². The van der Waals surface area contributed by atoms with Gasteiger partial charge >= 0.3 is 5.97 Å². The minimum Gasteiger partial charge on any atom is -0.460 e. The molecular weight excluding hydrogens is 282 g/mol. The maximum Gasteiger partial charge on any atom is 0.376 e. The monoisotopic (exact) mass is 303 g/mol. The summed E-state index contributed by atoms with van der Waals surface area (Å²) in [6.07, 6.45) is 1.63. The first-order valence-corrected chi connectivity index (χ1v) is 8.47. The molecule has 0 N–H and O–H groups in total. The third-order valence-electron chi connectivity index (χ3n) is 2.77. The molecule has 0 aliphatic carbocycles. The van der Waals surface area contributed by atoms with E-state index < -0.39 is 21.1 Å². The number of ether oxygens (including phenoxy) is 1. The molecule has 0 saturated carbocycles. The lowest BCUT2D eigenvalue weighted by Crippen LogP contribution is -2.08. The van der Waals surface area contributed by atoms with Crippen LogP contribution in [0.1, 0.15) is 55.1 Å². The van der Waals surface area contributed by atoms with Gasteiger partial charge in [-0.25, -0.2) is 18.2 Å². The number of oxazole rings is 1. The van der Waals surface area contributed by atoms with Crippen LogP contribution in [-0.2, 0) is 21.0 Å². The molecule has 1 aromatic rings. The number of nitrogens with zero attached hydrogens (tertiary/aromatic N) is 1. The molecule has 1 unspecified atom stereocenters. The fraction of sp³-hybridized carbons (Fsp3) is 0.692. The second kappa shape index (κ2) is 6.39. The summed E-state index contributed by atoms with van der Waals surface area (Å²) in [6, 6.07) is 0. The van der Waals surface area contributed by atoms with E-state index in [9.17, 15) is 13.2 Å². The largest absolute Gasteiger partial charge is 0.460 e. The third-order valence-corrected chi connectivity index (χ3v) is 4.25. The highest BCUT2D eigenvalue weighted by Gasteiger charge is 2.28. The minimum absolute atomic E-state index is 0.00560. The second-order valence-corrected chi connectivity index (χ2v) is 7.48. The molecule has 0 aromatic carbocycles. The van der Waals surface area contributed by atoms with Crippen LogP contribution in [0, 0.1) is 5.92 Å². The Morgan fingerprint density at radius 1 is 1.35 bits per heavy atom. The summed E-state index contributed by atoms with van der Waals surface area (Å²) in [5.74, 6) is -0.311. The van der Waals surface area contributed by atoms with Crippen LogP contribution in [0.5, 0.6) is 0 Å². The molecule has 0 fully saturated rings. The summed E-state index contributed by atoms with van der Waals surface area (Å²) in [4.78, 5) is 16.0. The minimum atomic E-state index is -3.33. The number of carbonyl (C=O) groups is 1. The highest BCUT2D eigenvalue weighted by molar-refractivity contribution is 7.90. The Kier molecular flexibility index (Phi) is 5.33. The molecule has 1 rings (SSSR count). The van der Waals surface area contributed by atoms with Crippen molar-refractivity contribution in [2.45, 2.75) is 39.4 Å². The molecule has 6 nitrogen and oxygen atoms in total. The molecule has 0 aliphatic heterocycles. The summed E-state index contributed by atoms with van der Waals surface area (Å²) in [5, 5.41) is -0.892. The van der Waals surface area contributed by atoms with Crippen molar-refractivity contribution in [3.05, 3.63) is 17.3 Å². The zero-order chi connectivity index (χ0) is 15.5. The zero-order valence-electron chi connectivity index (χ0n) is 12.5. The van der Waals surface area contributed by atoms with Gasteiger partial charge in [-0.1, -0.05) is 13.8 Å². The maximum absolute atomic E-state index is 11.8. The van der Waals surface area contributed by atoms with Gasteiger partial charge in [-0.2, -0.15) is 0 Å². The third kappa shape index (κ3) is 4.06. The van der Waals surface area contributed by atoms with Crippen molar-refractivity contribution in [2.75, 3.05) is 12.9 Å². The Labute approximate surface area is 119 Å². The van der Waals surface area contributed by atoms with Crippen molar-refractivity contribution in [3.63, 3.8) is 0 Å². The molecule has 0 radical (unpaired) electrons. The standard InChI is InChI=1S/C13H21NO5S/c1-6-18-13(15)11-10(7-8(2)3)14-12(19-11)9(4)20(5,16)17/h8-9H,6-7H2,1-5H3.